The highest BCUT2D eigenvalue weighted by molar-refractivity contribution is 5.96. The Kier molecular flexibility index (Phi) is 1.99. The van der Waals surface area contributed by atoms with Gasteiger partial charge in [0.25, 0.3) is 5.91 Å². The summed E-state index contributed by atoms with van der Waals surface area (Å²) in [7, 11) is 0. The van der Waals surface area contributed by atoms with Crippen molar-refractivity contribution in [3.8, 4) is 0 Å². The fourth-order valence-corrected chi connectivity index (χ4v) is 2.66. The summed E-state index contributed by atoms with van der Waals surface area (Å²) in [6, 6.07) is 7.96. The van der Waals surface area contributed by atoms with Crippen LogP contribution in [0.15, 0.2) is 24.3 Å². The van der Waals surface area contributed by atoms with Crippen LogP contribution in [0.1, 0.15) is 21.8 Å². The van der Waals surface area contributed by atoms with Crippen LogP contribution in [-0.4, -0.2) is 25.5 Å². The standard InChI is InChI=1S/C12H14N2O/c15-12-10-4-2-1-3-9(10)11-7-13-5-8(11)6-14-12/h1-4,8,11,13H,5-7H2,(H,14,15)/t8-,11?/m0/s1. The monoisotopic (exact) mass is 202 g/mol. The molecule has 2 aliphatic rings. The largest absolute Gasteiger partial charge is 0.352 e. The predicted octanol–water partition coefficient (Wildman–Crippen LogP) is 0.733. The Bertz CT molecular complexity index is 402. The molecule has 2 atom stereocenters. The van der Waals surface area contributed by atoms with Crippen LogP contribution in [-0.2, 0) is 0 Å². The average molecular weight is 202 g/mol. The van der Waals surface area contributed by atoms with E-state index in [2.05, 4.69) is 16.7 Å². The van der Waals surface area contributed by atoms with Crippen LogP contribution in [0.5, 0.6) is 0 Å². The van der Waals surface area contributed by atoms with Gasteiger partial charge in [0.05, 0.1) is 0 Å². The first-order chi connectivity index (χ1) is 7.36. The zero-order valence-electron chi connectivity index (χ0n) is 8.49. The van der Waals surface area contributed by atoms with Gasteiger partial charge >= 0.3 is 0 Å². The second kappa shape index (κ2) is 3.35. The van der Waals surface area contributed by atoms with Crippen molar-refractivity contribution in [2.24, 2.45) is 5.92 Å². The average Bonchev–Trinajstić information content (AvgIpc) is 2.69. The third-order valence-electron chi connectivity index (χ3n) is 3.47. The number of carbonyl (C=O) groups excluding carboxylic acids is 1. The molecule has 0 saturated carbocycles. The Labute approximate surface area is 88.9 Å². The van der Waals surface area contributed by atoms with Crippen molar-refractivity contribution in [1.29, 1.82) is 0 Å². The second-order valence-electron chi connectivity index (χ2n) is 4.32. The van der Waals surface area contributed by atoms with E-state index in [1.165, 1.54) is 5.56 Å². The van der Waals surface area contributed by atoms with Gasteiger partial charge in [0.15, 0.2) is 0 Å². The van der Waals surface area contributed by atoms with Crippen molar-refractivity contribution >= 4 is 5.91 Å². The molecule has 0 aromatic heterocycles. The van der Waals surface area contributed by atoms with Gasteiger partial charge in [-0.1, -0.05) is 18.2 Å². The highest BCUT2D eigenvalue weighted by atomic mass is 16.1. The molecule has 2 aliphatic heterocycles. The summed E-state index contributed by atoms with van der Waals surface area (Å²) in [6.07, 6.45) is 0. The Balaban J connectivity index is 2.11. The number of fused-ring (bicyclic) bond motifs is 3. The van der Waals surface area contributed by atoms with Gasteiger partial charge in [-0.3, -0.25) is 4.79 Å². The minimum absolute atomic E-state index is 0.0833. The van der Waals surface area contributed by atoms with Gasteiger partial charge in [-0.25, -0.2) is 0 Å². The van der Waals surface area contributed by atoms with Crippen LogP contribution in [0.2, 0.25) is 0 Å². The summed E-state index contributed by atoms with van der Waals surface area (Å²) in [5, 5.41) is 6.39. The summed E-state index contributed by atoms with van der Waals surface area (Å²) >= 11 is 0. The third-order valence-corrected chi connectivity index (χ3v) is 3.47. The first-order valence-corrected chi connectivity index (χ1v) is 5.44. The molecule has 3 heteroatoms. The van der Waals surface area contributed by atoms with Crippen molar-refractivity contribution in [2.45, 2.75) is 5.92 Å². The third kappa shape index (κ3) is 1.35. The van der Waals surface area contributed by atoms with Gasteiger partial charge in [-0.15, -0.1) is 0 Å². The number of amides is 1. The lowest BCUT2D eigenvalue weighted by molar-refractivity contribution is 0.0952. The fourth-order valence-electron chi connectivity index (χ4n) is 2.66. The summed E-state index contributed by atoms with van der Waals surface area (Å²) in [5.74, 6) is 1.14. The number of benzene rings is 1. The maximum Gasteiger partial charge on any atom is 0.251 e. The topological polar surface area (TPSA) is 41.1 Å². The molecular weight excluding hydrogens is 188 g/mol. The lowest BCUT2D eigenvalue weighted by Gasteiger charge is -2.15. The van der Waals surface area contributed by atoms with Gasteiger partial charge in [-0.2, -0.15) is 0 Å². The zero-order chi connectivity index (χ0) is 10.3. The van der Waals surface area contributed by atoms with Crippen LogP contribution in [0.25, 0.3) is 0 Å². The van der Waals surface area contributed by atoms with Crippen LogP contribution in [0, 0.1) is 5.92 Å². The molecule has 0 aliphatic carbocycles. The number of hydrogen-bond acceptors (Lipinski definition) is 2. The van der Waals surface area contributed by atoms with Crippen LogP contribution in [0.4, 0.5) is 0 Å². The smallest absolute Gasteiger partial charge is 0.251 e. The molecular formula is C12H14N2O. The van der Waals surface area contributed by atoms with Crippen molar-refractivity contribution in [1.82, 2.24) is 10.6 Å². The first-order valence-electron chi connectivity index (χ1n) is 5.44. The van der Waals surface area contributed by atoms with Gasteiger partial charge in [0.1, 0.15) is 0 Å². The molecule has 1 fully saturated rings. The van der Waals surface area contributed by atoms with E-state index >= 15 is 0 Å². The molecule has 1 amide bonds. The quantitative estimate of drug-likeness (QED) is 0.651. The highest BCUT2D eigenvalue weighted by Gasteiger charge is 2.33. The zero-order valence-corrected chi connectivity index (χ0v) is 8.49. The van der Waals surface area contributed by atoms with E-state index in [1.807, 2.05) is 18.2 Å². The molecule has 2 N–H and O–H groups in total. The van der Waals surface area contributed by atoms with Gasteiger partial charge < -0.3 is 10.6 Å². The summed E-state index contributed by atoms with van der Waals surface area (Å²) in [6.45, 7) is 2.81. The Hall–Kier alpha value is -1.35. The van der Waals surface area contributed by atoms with E-state index in [0.717, 1.165) is 25.2 Å². The lowest BCUT2D eigenvalue weighted by atomic mass is 9.87. The molecule has 0 spiro atoms. The molecule has 1 saturated heterocycles. The molecule has 0 bridgehead atoms. The lowest BCUT2D eigenvalue weighted by Crippen LogP contribution is -2.28. The second-order valence-corrected chi connectivity index (χ2v) is 4.32. The highest BCUT2D eigenvalue weighted by Crippen LogP contribution is 2.31. The Morgan fingerprint density at radius 3 is 2.93 bits per heavy atom. The molecule has 78 valence electrons. The molecule has 1 unspecified atom stereocenters. The number of carbonyl (C=O) groups is 1. The number of rotatable bonds is 0. The van der Waals surface area contributed by atoms with Crippen molar-refractivity contribution in [3.63, 3.8) is 0 Å². The van der Waals surface area contributed by atoms with E-state index in [9.17, 15) is 4.79 Å². The SMILES string of the molecule is O=C1NC[C@@H]2CNCC2c2ccccc21. The van der Waals surface area contributed by atoms with E-state index in [-0.39, 0.29) is 5.91 Å². The maximum absolute atomic E-state index is 11.8. The van der Waals surface area contributed by atoms with E-state index in [0.29, 0.717) is 11.8 Å². The fraction of sp³-hybridized carbons (Fsp3) is 0.417. The van der Waals surface area contributed by atoms with E-state index in [4.69, 9.17) is 0 Å². The molecule has 2 heterocycles. The normalized spacial score (nSPS) is 28.9. The first kappa shape index (κ1) is 8.92. The number of hydrogen-bond donors (Lipinski definition) is 2. The summed E-state index contributed by atoms with van der Waals surface area (Å²) < 4.78 is 0. The molecule has 1 aromatic carbocycles. The Morgan fingerprint density at radius 2 is 2.00 bits per heavy atom. The minimum Gasteiger partial charge on any atom is -0.352 e. The molecule has 3 rings (SSSR count). The van der Waals surface area contributed by atoms with Gasteiger partial charge in [-0.05, 0) is 17.5 Å². The van der Waals surface area contributed by atoms with Gasteiger partial charge in [0.2, 0.25) is 0 Å². The van der Waals surface area contributed by atoms with Crippen molar-refractivity contribution < 1.29 is 4.79 Å². The van der Waals surface area contributed by atoms with Gasteiger partial charge in [0, 0.05) is 31.1 Å². The number of nitrogens with one attached hydrogen (secondary N) is 2. The summed E-state index contributed by atoms with van der Waals surface area (Å²) in [5.41, 5.74) is 2.07. The van der Waals surface area contributed by atoms with Crippen LogP contribution < -0.4 is 10.6 Å². The molecule has 0 radical (unpaired) electrons. The molecule has 1 aromatic rings. The minimum atomic E-state index is 0.0833. The van der Waals surface area contributed by atoms with E-state index in [1.54, 1.807) is 0 Å². The van der Waals surface area contributed by atoms with Crippen molar-refractivity contribution in [3.05, 3.63) is 35.4 Å². The van der Waals surface area contributed by atoms with Crippen molar-refractivity contribution in [2.75, 3.05) is 19.6 Å². The van der Waals surface area contributed by atoms with E-state index < -0.39 is 0 Å². The predicted molar refractivity (Wildman–Crippen MR) is 57.9 cm³/mol. The van der Waals surface area contributed by atoms with Crippen LogP contribution >= 0.6 is 0 Å². The summed E-state index contributed by atoms with van der Waals surface area (Å²) in [4.78, 5) is 11.8. The Morgan fingerprint density at radius 1 is 1.13 bits per heavy atom. The maximum atomic E-state index is 11.8. The molecule has 15 heavy (non-hydrogen) atoms. The van der Waals surface area contributed by atoms with Crippen LogP contribution in [0.3, 0.4) is 0 Å². The molecule has 3 nitrogen and oxygen atoms in total.